The second kappa shape index (κ2) is 6.65. The van der Waals surface area contributed by atoms with Gasteiger partial charge in [0.15, 0.2) is 0 Å². The molecule has 4 nitrogen and oxygen atoms in total. The zero-order chi connectivity index (χ0) is 14.6. The summed E-state index contributed by atoms with van der Waals surface area (Å²) in [5, 5.41) is 9.06. The van der Waals surface area contributed by atoms with Gasteiger partial charge in [0.25, 0.3) is 0 Å². The van der Waals surface area contributed by atoms with E-state index in [0.29, 0.717) is 12.8 Å². The molecule has 0 fully saturated rings. The number of hydrogen-bond acceptors (Lipinski definition) is 3. The van der Waals surface area contributed by atoms with Crippen molar-refractivity contribution >= 4 is 21.6 Å². The Hall–Kier alpha value is -0.690. The van der Waals surface area contributed by atoms with Crippen molar-refractivity contribution in [3.63, 3.8) is 0 Å². The van der Waals surface area contributed by atoms with E-state index in [4.69, 9.17) is 16.7 Å². The molecule has 0 radical (unpaired) electrons. The lowest BCUT2D eigenvalue weighted by atomic mass is 10.2. The van der Waals surface area contributed by atoms with Gasteiger partial charge in [-0.15, -0.1) is 0 Å². The highest BCUT2D eigenvalue weighted by Gasteiger charge is 2.24. The van der Waals surface area contributed by atoms with E-state index in [1.54, 1.807) is 0 Å². The second-order valence-corrected chi connectivity index (χ2v) is 6.29. The van der Waals surface area contributed by atoms with Crippen LogP contribution in [0.2, 0.25) is 5.02 Å². The van der Waals surface area contributed by atoms with Crippen molar-refractivity contribution in [3.8, 4) is 0 Å². The topological polar surface area (TPSA) is 66.4 Å². The Labute approximate surface area is 117 Å². The van der Waals surface area contributed by atoms with E-state index in [1.807, 2.05) is 13.8 Å². The van der Waals surface area contributed by atoms with Gasteiger partial charge in [0, 0.05) is 16.6 Å². The van der Waals surface area contributed by atoms with Gasteiger partial charge >= 0.3 is 0 Å². The van der Waals surface area contributed by atoms with Gasteiger partial charge in [0.05, 0.1) is 6.61 Å². The molecule has 0 aliphatic heterocycles. The van der Waals surface area contributed by atoms with Gasteiger partial charge in [-0.2, -0.15) is 0 Å². The van der Waals surface area contributed by atoms with Crippen molar-refractivity contribution in [2.75, 3.05) is 0 Å². The molecule has 108 valence electrons. The molecule has 0 aliphatic rings. The summed E-state index contributed by atoms with van der Waals surface area (Å²) < 4.78 is 40.6. The Bertz CT molecular complexity index is 544. The Morgan fingerprint density at radius 2 is 1.95 bits per heavy atom. The molecule has 0 heterocycles. The van der Waals surface area contributed by atoms with E-state index >= 15 is 0 Å². The van der Waals surface area contributed by atoms with Gasteiger partial charge in [0.2, 0.25) is 10.0 Å². The highest BCUT2D eigenvalue weighted by Crippen LogP contribution is 2.24. The minimum absolute atomic E-state index is 0.0652. The molecule has 2 N–H and O–H groups in total. The van der Waals surface area contributed by atoms with E-state index in [1.165, 1.54) is 6.07 Å². The molecule has 0 amide bonds. The monoisotopic (exact) mass is 309 g/mol. The summed E-state index contributed by atoms with van der Waals surface area (Å²) in [4.78, 5) is -0.532. The first kappa shape index (κ1) is 16.4. The van der Waals surface area contributed by atoms with Crippen molar-refractivity contribution < 1.29 is 17.9 Å². The maximum absolute atomic E-state index is 14.0. The third-order valence-electron chi connectivity index (χ3n) is 2.85. The molecule has 0 aromatic heterocycles. The molecule has 19 heavy (non-hydrogen) atoms. The van der Waals surface area contributed by atoms with Gasteiger partial charge in [-0.3, -0.25) is 0 Å². The quantitative estimate of drug-likeness (QED) is 0.848. The van der Waals surface area contributed by atoms with Gasteiger partial charge in [-0.25, -0.2) is 17.5 Å². The summed E-state index contributed by atoms with van der Waals surface area (Å²) in [5.41, 5.74) is -0.141. The van der Waals surface area contributed by atoms with E-state index in [9.17, 15) is 12.8 Å². The van der Waals surface area contributed by atoms with Crippen molar-refractivity contribution in [2.45, 2.75) is 44.2 Å². The fourth-order valence-electron chi connectivity index (χ4n) is 1.67. The van der Waals surface area contributed by atoms with E-state index in [-0.39, 0.29) is 16.6 Å². The molecule has 1 rings (SSSR count). The minimum atomic E-state index is -3.99. The van der Waals surface area contributed by atoms with Crippen LogP contribution < -0.4 is 4.72 Å². The number of halogens is 2. The smallest absolute Gasteiger partial charge is 0.243 e. The lowest BCUT2D eigenvalue weighted by Gasteiger charge is -2.16. The molecule has 0 bridgehead atoms. The highest BCUT2D eigenvalue weighted by molar-refractivity contribution is 7.89. The Morgan fingerprint density at radius 1 is 1.37 bits per heavy atom. The Morgan fingerprint density at radius 3 is 2.42 bits per heavy atom. The summed E-state index contributed by atoms with van der Waals surface area (Å²) >= 11 is 5.74. The first-order chi connectivity index (χ1) is 8.85. The van der Waals surface area contributed by atoms with Gasteiger partial charge in [-0.05, 0) is 25.0 Å². The van der Waals surface area contributed by atoms with E-state index in [0.717, 1.165) is 6.07 Å². The average Bonchev–Trinajstić information content (AvgIpc) is 2.38. The summed E-state index contributed by atoms with van der Waals surface area (Å²) in [6.07, 6.45) is 1.20. The molecule has 0 saturated carbocycles. The summed E-state index contributed by atoms with van der Waals surface area (Å²) in [6.45, 7) is 3.06. The molecule has 1 aromatic carbocycles. The molecule has 0 saturated heterocycles. The fraction of sp³-hybridized carbons (Fsp3) is 0.500. The molecule has 1 aromatic rings. The van der Waals surface area contributed by atoms with Crippen molar-refractivity contribution in [2.24, 2.45) is 0 Å². The lowest BCUT2D eigenvalue weighted by molar-refractivity contribution is 0.274. The molecular weight excluding hydrogens is 293 g/mol. The molecule has 0 spiro atoms. The summed E-state index contributed by atoms with van der Waals surface area (Å²) in [6, 6.07) is 1.98. The zero-order valence-electron chi connectivity index (χ0n) is 10.8. The Kier molecular flexibility index (Phi) is 5.73. The van der Waals surface area contributed by atoms with Crippen LogP contribution in [0.15, 0.2) is 17.0 Å². The van der Waals surface area contributed by atoms with Crippen LogP contribution in [-0.4, -0.2) is 19.6 Å². The van der Waals surface area contributed by atoms with Gasteiger partial charge < -0.3 is 5.11 Å². The van der Waals surface area contributed by atoms with Crippen molar-refractivity contribution in [1.82, 2.24) is 4.72 Å². The number of nitrogens with one attached hydrogen (secondary N) is 1. The normalized spacial score (nSPS) is 12.1. The Balaban J connectivity index is 3.25. The van der Waals surface area contributed by atoms with Crippen LogP contribution in [0.3, 0.4) is 0 Å². The molecule has 0 unspecified atom stereocenters. The largest absolute Gasteiger partial charge is 0.392 e. The third kappa shape index (κ3) is 3.89. The van der Waals surface area contributed by atoms with Crippen molar-refractivity contribution in [1.29, 1.82) is 0 Å². The third-order valence-corrected chi connectivity index (χ3v) is 4.58. The van der Waals surface area contributed by atoms with Crippen LogP contribution in [0, 0.1) is 5.82 Å². The molecule has 0 atom stereocenters. The fourth-order valence-corrected chi connectivity index (χ4v) is 3.52. The van der Waals surface area contributed by atoms with Crippen LogP contribution in [0.4, 0.5) is 4.39 Å². The zero-order valence-corrected chi connectivity index (χ0v) is 12.4. The SMILES string of the molecule is CCC(CC)NS(=O)(=O)c1cc(Cl)cc(CO)c1F. The van der Waals surface area contributed by atoms with Crippen molar-refractivity contribution in [3.05, 3.63) is 28.5 Å². The standard InChI is InChI=1S/C12H17ClFNO3S/c1-3-10(4-2)15-19(17,18)11-6-9(13)5-8(7-16)12(11)14/h5-6,10,15-16H,3-4,7H2,1-2H3. The van der Waals surface area contributed by atoms with E-state index in [2.05, 4.69) is 4.72 Å². The first-order valence-corrected chi connectivity index (χ1v) is 7.82. The van der Waals surface area contributed by atoms with Crippen LogP contribution in [-0.2, 0) is 16.6 Å². The second-order valence-electron chi connectivity index (χ2n) is 4.17. The number of benzene rings is 1. The molecule has 7 heteroatoms. The highest BCUT2D eigenvalue weighted by atomic mass is 35.5. The van der Waals surface area contributed by atoms with Crippen LogP contribution in [0.25, 0.3) is 0 Å². The predicted octanol–water partition coefficient (Wildman–Crippen LogP) is 2.44. The van der Waals surface area contributed by atoms with Crippen LogP contribution >= 0.6 is 11.6 Å². The summed E-state index contributed by atoms with van der Waals surface area (Å²) in [7, 11) is -3.99. The molecule has 0 aliphatic carbocycles. The maximum Gasteiger partial charge on any atom is 0.243 e. The van der Waals surface area contributed by atoms with Crippen LogP contribution in [0.1, 0.15) is 32.3 Å². The van der Waals surface area contributed by atoms with Gasteiger partial charge in [0.1, 0.15) is 10.7 Å². The predicted molar refractivity (Wildman–Crippen MR) is 72.0 cm³/mol. The number of aliphatic hydroxyl groups excluding tert-OH is 1. The number of hydrogen-bond donors (Lipinski definition) is 2. The van der Waals surface area contributed by atoms with E-state index < -0.39 is 27.3 Å². The minimum Gasteiger partial charge on any atom is -0.392 e. The molecular formula is C12H17ClFNO3S. The number of rotatable bonds is 6. The average molecular weight is 310 g/mol. The maximum atomic E-state index is 14.0. The van der Waals surface area contributed by atoms with Crippen LogP contribution in [0.5, 0.6) is 0 Å². The lowest BCUT2D eigenvalue weighted by Crippen LogP contribution is -2.34. The summed E-state index contributed by atoms with van der Waals surface area (Å²) in [5.74, 6) is -0.967. The van der Waals surface area contributed by atoms with Gasteiger partial charge in [-0.1, -0.05) is 25.4 Å². The number of sulfonamides is 1. The number of aliphatic hydroxyl groups is 1. The first-order valence-electron chi connectivity index (χ1n) is 5.96.